The second-order valence-corrected chi connectivity index (χ2v) is 6.16. The Morgan fingerprint density at radius 2 is 1.40 bits per heavy atom. The van der Waals surface area contributed by atoms with Crippen LogP contribution in [0.4, 0.5) is 5.69 Å². The summed E-state index contributed by atoms with van der Waals surface area (Å²) >= 11 is 0. The van der Waals surface area contributed by atoms with Crippen molar-refractivity contribution in [2.24, 2.45) is 5.92 Å². The summed E-state index contributed by atoms with van der Waals surface area (Å²) in [5, 5.41) is 0. The molecule has 1 rings (SSSR count). The van der Waals surface area contributed by atoms with Crippen LogP contribution in [-0.2, 0) is 6.42 Å². The van der Waals surface area contributed by atoms with E-state index in [4.69, 9.17) is 5.73 Å². The predicted molar refractivity (Wildman–Crippen MR) is 90.9 cm³/mol. The monoisotopic (exact) mass is 275 g/mol. The molecule has 1 nitrogen and oxygen atoms in total. The summed E-state index contributed by atoms with van der Waals surface area (Å²) < 4.78 is 0. The molecule has 1 atom stereocenters. The highest BCUT2D eigenvalue weighted by Gasteiger charge is 2.09. The van der Waals surface area contributed by atoms with Crippen LogP contribution < -0.4 is 5.73 Å². The maximum atomic E-state index is 5.76. The van der Waals surface area contributed by atoms with Crippen LogP contribution in [0.1, 0.15) is 77.2 Å². The average Bonchev–Trinajstić information content (AvgIpc) is 2.46. The summed E-state index contributed by atoms with van der Waals surface area (Å²) in [6.07, 6.45) is 13.7. The number of hydrogen-bond acceptors (Lipinski definition) is 1. The quantitative estimate of drug-likeness (QED) is 0.390. The summed E-state index contributed by atoms with van der Waals surface area (Å²) in [5.74, 6) is 0.861. The lowest BCUT2D eigenvalue weighted by molar-refractivity contribution is 0.409. The van der Waals surface area contributed by atoms with Crippen LogP contribution in [-0.4, -0.2) is 0 Å². The van der Waals surface area contributed by atoms with Crippen molar-refractivity contribution in [3.05, 3.63) is 29.8 Å². The molecule has 0 saturated carbocycles. The molecule has 0 amide bonds. The van der Waals surface area contributed by atoms with Crippen molar-refractivity contribution in [2.75, 3.05) is 5.73 Å². The van der Waals surface area contributed by atoms with Crippen molar-refractivity contribution in [1.82, 2.24) is 0 Å². The van der Waals surface area contributed by atoms with Gasteiger partial charge in [-0.05, 0) is 30.0 Å². The molecule has 114 valence electrons. The Morgan fingerprint density at radius 3 is 2.05 bits per heavy atom. The van der Waals surface area contributed by atoms with Crippen molar-refractivity contribution >= 4 is 5.69 Å². The number of nitrogen functional groups attached to an aromatic ring is 1. The summed E-state index contributed by atoms with van der Waals surface area (Å²) in [5.41, 5.74) is 8.09. The third kappa shape index (κ3) is 7.57. The molecule has 2 N–H and O–H groups in total. The maximum Gasteiger partial charge on any atom is 0.0314 e. The highest BCUT2D eigenvalue weighted by molar-refractivity contribution is 5.39. The second-order valence-electron chi connectivity index (χ2n) is 6.16. The molecule has 0 spiro atoms. The molecule has 1 unspecified atom stereocenters. The second kappa shape index (κ2) is 10.8. The van der Waals surface area contributed by atoms with Gasteiger partial charge in [-0.3, -0.25) is 0 Å². The van der Waals surface area contributed by atoms with E-state index in [2.05, 4.69) is 26.0 Å². The van der Waals surface area contributed by atoms with E-state index in [1.54, 1.807) is 0 Å². The van der Waals surface area contributed by atoms with Gasteiger partial charge in [-0.1, -0.05) is 83.8 Å². The number of nitrogens with two attached hydrogens (primary N) is 1. The van der Waals surface area contributed by atoms with Gasteiger partial charge in [-0.2, -0.15) is 0 Å². The maximum absolute atomic E-state index is 5.76. The van der Waals surface area contributed by atoms with E-state index < -0.39 is 0 Å². The lowest BCUT2D eigenvalue weighted by Crippen LogP contribution is -2.05. The SMILES string of the molecule is CCCCCCCC(CCCC)Cc1ccc(N)cc1. The van der Waals surface area contributed by atoms with Crippen molar-refractivity contribution in [2.45, 2.75) is 78.1 Å². The first kappa shape index (κ1) is 17.1. The molecule has 0 radical (unpaired) electrons. The first-order chi connectivity index (χ1) is 9.76. The molecule has 0 aliphatic carbocycles. The van der Waals surface area contributed by atoms with E-state index in [0.717, 1.165) is 11.6 Å². The molecule has 0 aliphatic rings. The van der Waals surface area contributed by atoms with Crippen molar-refractivity contribution in [1.29, 1.82) is 0 Å². The molecule has 0 aromatic heterocycles. The Morgan fingerprint density at radius 1 is 0.800 bits per heavy atom. The summed E-state index contributed by atoms with van der Waals surface area (Å²) in [4.78, 5) is 0. The van der Waals surface area contributed by atoms with Gasteiger partial charge in [-0.15, -0.1) is 0 Å². The molecule has 1 aromatic carbocycles. The van der Waals surface area contributed by atoms with Gasteiger partial charge in [0.05, 0.1) is 0 Å². The number of rotatable bonds is 11. The van der Waals surface area contributed by atoms with Crippen LogP contribution in [0.15, 0.2) is 24.3 Å². The summed E-state index contributed by atoms with van der Waals surface area (Å²) in [6.45, 7) is 4.58. The van der Waals surface area contributed by atoms with Crippen LogP contribution in [0.2, 0.25) is 0 Å². The predicted octanol–water partition coefficient (Wildman–Crippen LogP) is 5.98. The van der Waals surface area contributed by atoms with Crippen LogP contribution in [0.3, 0.4) is 0 Å². The highest BCUT2D eigenvalue weighted by atomic mass is 14.5. The molecule has 0 aliphatic heterocycles. The Kier molecular flexibility index (Phi) is 9.19. The van der Waals surface area contributed by atoms with Crippen molar-refractivity contribution in [3.8, 4) is 0 Å². The van der Waals surface area contributed by atoms with E-state index in [1.165, 1.54) is 69.8 Å². The fourth-order valence-electron chi connectivity index (χ4n) is 2.86. The molecule has 0 heterocycles. The smallest absolute Gasteiger partial charge is 0.0314 e. The Bertz CT molecular complexity index is 328. The summed E-state index contributed by atoms with van der Waals surface area (Å²) in [7, 11) is 0. The largest absolute Gasteiger partial charge is 0.399 e. The molecule has 0 saturated heterocycles. The van der Waals surface area contributed by atoms with Gasteiger partial charge in [0.1, 0.15) is 0 Å². The standard InChI is InChI=1S/C19H33N/c1-3-5-7-8-9-11-17(10-6-4-2)16-18-12-14-19(20)15-13-18/h12-15,17H,3-11,16,20H2,1-2H3. The fourth-order valence-corrected chi connectivity index (χ4v) is 2.86. The van der Waals surface area contributed by atoms with Crippen molar-refractivity contribution in [3.63, 3.8) is 0 Å². The molecule has 20 heavy (non-hydrogen) atoms. The Balaban J connectivity index is 2.36. The zero-order valence-electron chi connectivity index (χ0n) is 13.5. The molecule has 1 aromatic rings. The Labute approximate surface area is 126 Å². The third-order valence-corrected chi connectivity index (χ3v) is 4.19. The minimum atomic E-state index is 0.861. The number of anilines is 1. The van der Waals surface area contributed by atoms with Gasteiger partial charge >= 0.3 is 0 Å². The fraction of sp³-hybridized carbons (Fsp3) is 0.684. The van der Waals surface area contributed by atoms with E-state index in [0.29, 0.717) is 0 Å². The number of benzene rings is 1. The molecular weight excluding hydrogens is 242 g/mol. The first-order valence-electron chi connectivity index (χ1n) is 8.60. The van der Waals surface area contributed by atoms with Gasteiger partial charge in [0.25, 0.3) is 0 Å². The van der Waals surface area contributed by atoms with Gasteiger partial charge in [-0.25, -0.2) is 0 Å². The van der Waals surface area contributed by atoms with E-state index in [9.17, 15) is 0 Å². The summed E-state index contributed by atoms with van der Waals surface area (Å²) in [6, 6.07) is 8.47. The van der Waals surface area contributed by atoms with Crippen LogP contribution in [0.25, 0.3) is 0 Å². The minimum Gasteiger partial charge on any atom is -0.399 e. The van der Waals surface area contributed by atoms with Crippen LogP contribution >= 0.6 is 0 Å². The topological polar surface area (TPSA) is 26.0 Å². The van der Waals surface area contributed by atoms with E-state index in [1.807, 2.05) is 12.1 Å². The van der Waals surface area contributed by atoms with Crippen molar-refractivity contribution < 1.29 is 0 Å². The minimum absolute atomic E-state index is 0.861. The van der Waals surface area contributed by atoms with Gasteiger partial charge < -0.3 is 5.73 Å². The number of unbranched alkanes of at least 4 members (excludes halogenated alkanes) is 5. The lowest BCUT2D eigenvalue weighted by atomic mass is 9.89. The molecule has 0 fully saturated rings. The normalized spacial score (nSPS) is 12.5. The van der Waals surface area contributed by atoms with Crippen LogP contribution in [0, 0.1) is 5.92 Å². The lowest BCUT2D eigenvalue weighted by Gasteiger charge is -2.17. The highest BCUT2D eigenvalue weighted by Crippen LogP contribution is 2.22. The Hall–Kier alpha value is -0.980. The first-order valence-corrected chi connectivity index (χ1v) is 8.60. The molecular formula is C19H33N. The van der Waals surface area contributed by atoms with Crippen LogP contribution in [0.5, 0.6) is 0 Å². The molecule has 1 heteroatoms. The molecule has 0 bridgehead atoms. The van der Waals surface area contributed by atoms with E-state index >= 15 is 0 Å². The third-order valence-electron chi connectivity index (χ3n) is 4.19. The van der Waals surface area contributed by atoms with Gasteiger partial charge in [0.2, 0.25) is 0 Å². The average molecular weight is 275 g/mol. The van der Waals surface area contributed by atoms with Gasteiger partial charge in [0, 0.05) is 5.69 Å². The number of hydrogen-bond donors (Lipinski definition) is 1. The van der Waals surface area contributed by atoms with Gasteiger partial charge in [0.15, 0.2) is 0 Å². The zero-order valence-corrected chi connectivity index (χ0v) is 13.5. The van der Waals surface area contributed by atoms with E-state index in [-0.39, 0.29) is 0 Å². The zero-order chi connectivity index (χ0) is 14.6.